The van der Waals surface area contributed by atoms with Crippen LogP contribution in [0.25, 0.3) is 0 Å². The Balaban J connectivity index is 1.71. The van der Waals surface area contributed by atoms with E-state index < -0.39 is 0 Å². The molecule has 2 saturated heterocycles. The van der Waals surface area contributed by atoms with Crippen molar-refractivity contribution in [2.45, 2.75) is 40.0 Å². The number of nitrogens with zero attached hydrogens (tertiary/aromatic N) is 2. The van der Waals surface area contributed by atoms with Crippen molar-refractivity contribution in [3.05, 3.63) is 0 Å². The first kappa shape index (κ1) is 15.8. The molecule has 0 aromatic rings. The van der Waals surface area contributed by atoms with Crippen LogP contribution in [0, 0.1) is 11.3 Å². The van der Waals surface area contributed by atoms with Crippen LogP contribution >= 0.6 is 0 Å². The van der Waals surface area contributed by atoms with Gasteiger partial charge in [-0.05, 0) is 30.6 Å². The minimum atomic E-state index is 0.307. The van der Waals surface area contributed by atoms with Gasteiger partial charge in [0.25, 0.3) is 0 Å². The molecule has 0 aromatic carbocycles. The highest BCUT2D eigenvalue weighted by Gasteiger charge is 2.27. The highest BCUT2D eigenvalue weighted by atomic mass is 16.5. The first-order valence-electron chi connectivity index (χ1n) is 8.02. The highest BCUT2D eigenvalue weighted by molar-refractivity contribution is 5.78. The monoisotopic (exact) mass is 282 g/mol. The Labute approximate surface area is 123 Å². The van der Waals surface area contributed by atoms with Crippen molar-refractivity contribution in [3.8, 4) is 0 Å². The summed E-state index contributed by atoms with van der Waals surface area (Å²) in [5, 5.41) is 0. The molecule has 4 heteroatoms. The fourth-order valence-corrected chi connectivity index (χ4v) is 3.30. The molecule has 0 aromatic heterocycles. The third kappa shape index (κ3) is 5.06. The predicted molar refractivity (Wildman–Crippen MR) is 80.6 cm³/mol. The maximum absolute atomic E-state index is 12.3. The first-order chi connectivity index (χ1) is 9.44. The van der Waals surface area contributed by atoms with Gasteiger partial charge >= 0.3 is 0 Å². The second kappa shape index (κ2) is 6.90. The smallest absolute Gasteiger partial charge is 0.236 e. The molecule has 0 atom stereocenters. The van der Waals surface area contributed by atoms with Crippen molar-refractivity contribution < 1.29 is 9.53 Å². The summed E-state index contributed by atoms with van der Waals surface area (Å²) in [5.74, 6) is 1.10. The van der Waals surface area contributed by atoms with E-state index in [2.05, 4.69) is 30.6 Å². The van der Waals surface area contributed by atoms with E-state index in [1.165, 1.54) is 19.3 Å². The number of hydrogen-bond donors (Lipinski definition) is 0. The van der Waals surface area contributed by atoms with Crippen molar-refractivity contribution in [2.24, 2.45) is 11.3 Å². The molecule has 0 saturated carbocycles. The minimum absolute atomic E-state index is 0.307. The van der Waals surface area contributed by atoms with Gasteiger partial charge in [-0.15, -0.1) is 0 Å². The normalized spacial score (nSPS) is 23.1. The average molecular weight is 282 g/mol. The number of carbonyl (C=O) groups excluding carboxylic acids is 1. The van der Waals surface area contributed by atoms with Gasteiger partial charge in [-0.25, -0.2) is 0 Å². The number of rotatable bonds is 3. The lowest BCUT2D eigenvalue weighted by Gasteiger charge is -2.36. The Morgan fingerprint density at radius 3 is 2.25 bits per heavy atom. The van der Waals surface area contributed by atoms with Crippen LogP contribution in [0.3, 0.4) is 0 Å². The Morgan fingerprint density at radius 1 is 1.10 bits per heavy atom. The van der Waals surface area contributed by atoms with Gasteiger partial charge in [0.1, 0.15) is 0 Å². The average Bonchev–Trinajstić information content (AvgIpc) is 2.39. The molecule has 20 heavy (non-hydrogen) atoms. The summed E-state index contributed by atoms with van der Waals surface area (Å²) in [7, 11) is 0. The number of piperidine rings is 1. The van der Waals surface area contributed by atoms with E-state index in [4.69, 9.17) is 4.74 Å². The summed E-state index contributed by atoms with van der Waals surface area (Å²) in [6.07, 6.45) is 3.62. The molecule has 2 heterocycles. The summed E-state index contributed by atoms with van der Waals surface area (Å²) in [6.45, 7) is 12.7. The fraction of sp³-hybridized carbons (Fsp3) is 0.938. The van der Waals surface area contributed by atoms with E-state index in [-0.39, 0.29) is 0 Å². The summed E-state index contributed by atoms with van der Waals surface area (Å²) >= 11 is 0. The van der Waals surface area contributed by atoms with E-state index in [1.54, 1.807) is 0 Å². The Bertz CT molecular complexity index is 311. The molecule has 0 N–H and O–H groups in total. The number of hydrogen-bond acceptors (Lipinski definition) is 3. The zero-order valence-corrected chi connectivity index (χ0v) is 13.4. The standard InChI is InChI=1S/C16H30N2O2/c1-16(2,3)12-14-4-6-18(7-5-14)15(19)13-17-8-10-20-11-9-17/h14H,4-13H2,1-3H3. The van der Waals surface area contributed by atoms with Gasteiger partial charge in [0.2, 0.25) is 5.91 Å². The van der Waals surface area contributed by atoms with Crippen LogP contribution in [-0.4, -0.2) is 61.6 Å². The lowest BCUT2D eigenvalue weighted by Crippen LogP contribution is -2.47. The highest BCUT2D eigenvalue weighted by Crippen LogP contribution is 2.30. The molecule has 1 amide bonds. The quantitative estimate of drug-likeness (QED) is 0.793. The lowest BCUT2D eigenvalue weighted by atomic mass is 9.80. The molecule has 2 fully saturated rings. The lowest BCUT2D eigenvalue weighted by molar-refractivity contribution is -0.134. The van der Waals surface area contributed by atoms with Gasteiger partial charge < -0.3 is 9.64 Å². The minimum Gasteiger partial charge on any atom is -0.379 e. The van der Waals surface area contributed by atoms with Crippen molar-refractivity contribution in [3.63, 3.8) is 0 Å². The molecule has 0 unspecified atom stereocenters. The Hall–Kier alpha value is -0.610. The zero-order chi connectivity index (χ0) is 14.6. The summed E-state index contributed by atoms with van der Waals surface area (Å²) in [4.78, 5) is 16.6. The van der Waals surface area contributed by atoms with Crippen LogP contribution in [0.5, 0.6) is 0 Å². The summed E-state index contributed by atoms with van der Waals surface area (Å²) in [5.41, 5.74) is 0.407. The molecule has 116 valence electrons. The largest absolute Gasteiger partial charge is 0.379 e. The topological polar surface area (TPSA) is 32.8 Å². The van der Waals surface area contributed by atoms with E-state index in [9.17, 15) is 4.79 Å². The molecule has 2 aliphatic heterocycles. The van der Waals surface area contributed by atoms with Gasteiger partial charge in [-0.3, -0.25) is 9.69 Å². The van der Waals surface area contributed by atoms with Crippen LogP contribution < -0.4 is 0 Å². The Morgan fingerprint density at radius 2 is 1.70 bits per heavy atom. The predicted octanol–water partition coefficient (Wildman–Crippen LogP) is 1.99. The van der Waals surface area contributed by atoms with Crippen LogP contribution in [0.4, 0.5) is 0 Å². The van der Waals surface area contributed by atoms with Crippen LogP contribution in [0.15, 0.2) is 0 Å². The third-order valence-electron chi connectivity index (χ3n) is 4.33. The number of ether oxygens (including phenoxy) is 1. The van der Waals surface area contributed by atoms with E-state index in [0.717, 1.165) is 45.3 Å². The van der Waals surface area contributed by atoms with E-state index in [1.807, 2.05) is 0 Å². The number of morpholine rings is 1. The fourth-order valence-electron chi connectivity index (χ4n) is 3.30. The van der Waals surface area contributed by atoms with Gasteiger partial charge in [0, 0.05) is 26.2 Å². The molecule has 2 aliphatic rings. The molecular formula is C16H30N2O2. The van der Waals surface area contributed by atoms with Gasteiger partial charge in [0.05, 0.1) is 19.8 Å². The first-order valence-corrected chi connectivity index (χ1v) is 8.02. The second-order valence-corrected chi connectivity index (χ2v) is 7.48. The second-order valence-electron chi connectivity index (χ2n) is 7.48. The van der Waals surface area contributed by atoms with Crippen LogP contribution in [0.2, 0.25) is 0 Å². The van der Waals surface area contributed by atoms with Crippen molar-refractivity contribution in [2.75, 3.05) is 45.9 Å². The summed E-state index contributed by atoms with van der Waals surface area (Å²) in [6, 6.07) is 0. The zero-order valence-electron chi connectivity index (χ0n) is 13.4. The van der Waals surface area contributed by atoms with E-state index in [0.29, 0.717) is 17.9 Å². The number of likely N-dealkylation sites (tertiary alicyclic amines) is 1. The van der Waals surface area contributed by atoms with Crippen molar-refractivity contribution in [1.82, 2.24) is 9.80 Å². The molecule has 2 rings (SSSR count). The molecule has 0 spiro atoms. The maximum Gasteiger partial charge on any atom is 0.236 e. The third-order valence-corrected chi connectivity index (χ3v) is 4.33. The van der Waals surface area contributed by atoms with Gasteiger partial charge in [-0.2, -0.15) is 0 Å². The number of amides is 1. The SMILES string of the molecule is CC(C)(C)CC1CCN(C(=O)CN2CCOCC2)CC1. The van der Waals surface area contributed by atoms with Gasteiger partial charge in [-0.1, -0.05) is 20.8 Å². The van der Waals surface area contributed by atoms with Crippen LogP contribution in [0.1, 0.15) is 40.0 Å². The van der Waals surface area contributed by atoms with E-state index >= 15 is 0 Å². The molecule has 0 bridgehead atoms. The van der Waals surface area contributed by atoms with Crippen LogP contribution in [-0.2, 0) is 9.53 Å². The van der Waals surface area contributed by atoms with Crippen molar-refractivity contribution >= 4 is 5.91 Å². The summed E-state index contributed by atoms with van der Waals surface area (Å²) < 4.78 is 5.32. The molecule has 0 radical (unpaired) electrons. The Kier molecular flexibility index (Phi) is 5.44. The maximum atomic E-state index is 12.3. The van der Waals surface area contributed by atoms with Crippen molar-refractivity contribution in [1.29, 1.82) is 0 Å². The molecule has 4 nitrogen and oxygen atoms in total. The molecular weight excluding hydrogens is 252 g/mol. The molecule has 0 aliphatic carbocycles. The number of carbonyl (C=O) groups is 1. The van der Waals surface area contributed by atoms with Gasteiger partial charge in [0.15, 0.2) is 0 Å².